The molecule has 2 aromatic rings. The van der Waals surface area contributed by atoms with Gasteiger partial charge in [0.05, 0.1) is 4.47 Å². The van der Waals surface area contributed by atoms with Gasteiger partial charge in [-0.3, -0.25) is 9.59 Å². The minimum absolute atomic E-state index is 0.124. The van der Waals surface area contributed by atoms with Crippen molar-refractivity contribution < 1.29 is 14.3 Å². The molecule has 0 aromatic heterocycles. The Bertz CT molecular complexity index is 1170. The van der Waals surface area contributed by atoms with Crippen molar-refractivity contribution in [1.82, 2.24) is 5.32 Å². The third kappa shape index (κ3) is 4.35. The Kier molecular flexibility index (Phi) is 6.32. The van der Waals surface area contributed by atoms with Crippen molar-refractivity contribution in [3.8, 4) is 5.75 Å². The number of nitrogens with one attached hydrogen (secondary N) is 1. The number of dihydropyridines is 1. The van der Waals surface area contributed by atoms with Gasteiger partial charge in [-0.25, -0.2) is 0 Å². The number of carbonyl (C=O) groups excluding carboxylic acids is 2. The molecule has 0 bridgehead atoms. The van der Waals surface area contributed by atoms with Crippen molar-refractivity contribution in [2.24, 2.45) is 0 Å². The van der Waals surface area contributed by atoms with Crippen molar-refractivity contribution in [2.45, 2.75) is 58.0 Å². The van der Waals surface area contributed by atoms with E-state index in [2.05, 4.69) is 68.4 Å². The van der Waals surface area contributed by atoms with Crippen LogP contribution in [0.2, 0.25) is 0 Å². The van der Waals surface area contributed by atoms with Crippen LogP contribution in [-0.2, 0) is 16.2 Å². The standard InChI is InChI=1S/C27H25Br2NO3/c1-15-8-10-16(11-9-15)14-33-27-18(12-17(28)13-19(27)29)24-25-20(4-2-6-22(25)31)30-21-5-3-7-23(32)26(21)24/h8-13,24,30H,2-7,14H2,1H3. The van der Waals surface area contributed by atoms with E-state index in [9.17, 15) is 9.59 Å². The van der Waals surface area contributed by atoms with Crippen LogP contribution in [0.25, 0.3) is 0 Å². The molecule has 0 spiro atoms. The Morgan fingerprint density at radius 3 is 2.12 bits per heavy atom. The number of hydrogen-bond donors (Lipinski definition) is 1. The van der Waals surface area contributed by atoms with Gasteiger partial charge in [0.1, 0.15) is 12.4 Å². The van der Waals surface area contributed by atoms with Crippen LogP contribution in [-0.4, -0.2) is 11.6 Å². The lowest BCUT2D eigenvalue weighted by atomic mass is 9.71. The van der Waals surface area contributed by atoms with Crippen molar-refractivity contribution in [2.75, 3.05) is 0 Å². The lowest BCUT2D eigenvalue weighted by Gasteiger charge is -2.37. The average molecular weight is 571 g/mol. The number of benzene rings is 2. The fourth-order valence-electron chi connectivity index (χ4n) is 5.08. The lowest BCUT2D eigenvalue weighted by Crippen LogP contribution is -2.36. The lowest BCUT2D eigenvalue weighted by molar-refractivity contribution is -0.116. The van der Waals surface area contributed by atoms with Crippen molar-refractivity contribution in [1.29, 1.82) is 0 Å². The molecule has 0 radical (unpaired) electrons. The van der Waals surface area contributed by atoms with Crippen molar-refractivity contribution >= 4 is 43.4 Å². The summed E-state index contributed by atoms with van der Waals surface area (Å²) in [6.45, 7) is 2.46. The summed E-state index contributed by atoms with van der Waals surface area (Å²) in [5.41, 5.74) is 6.55. The number of carbonyl (C=O) groups is 2. The molecule has 6 heteroatoms. The molecular weight excluding hydrogens is 546 g/mol. The predicted octanol–water partition coefficient (Wildman–Crippen LogP) is 6.80. The Hall–Kier alpha value is -2.18. The fourth-order valence-corrected chi connectivity index (χ4v) is 6.45. The number of aryl methyl sites for hydroxylation is 1. The van der Waals surface area contributed by atoms with Crippen LogP contribution < -0.4 is 10.1 Å². The number of ether oxygens (including phenoxy) is 1. The van der Waals surface area contributed by atoms with E-state index in [1.54, 1.807) is 0 Å². The average Bonchev–Trinajstić information content (AvgIpc) is 2.78. The van der Waals surface area contributed by atoms with E-state index in [1.807, 2.05) is 12.1 Å². The molecule has 170 valence electrons. The molecule has 0 amide bonds. The molecule has 1 aliphatic heterocycles. The van der Waals surface area contributed by atoms with Crippen LogP contribution in [0, 0.1) is 6.92 Å². The highest BCUT2D eigenvalue weighted by atomic mass is 79.9. The summed E-state index contributed by atoms with van der Waals surface area (Å²) in [4.78, 5) is 26.4. The molecule has 3 aliphatic rings. The van der Waals surface area contributed by atoms with Crippen LogP contribution in [0.3, 0.4) is 0 Å². The summed E-state index contributed by atoms with van der Waals surface area (Å²) < 4.78 is 8.05. The van der Waals surface area contributed by atoms with Gasteiger partial charge in [0.2, 0.25) is 0 Å². The van der Waals surface area contributed by atoms with Crippen molar-refractivity contribution in [3.05, 3.63) is 84.6 Å². The molecule has 5 rings (SSSR count). The second-order valence-electron chi connectivity index (χ2n) is 8.98. The third-order valence-electron chi connectivity index (χ3n) is 6.64. The summed E-state index contributed by atoms with van der Waals surface area (Å²) in [5, 5.41) is 3.48. The van der Waals surface area contributed by atoms with E-state index in [0.29, 0.717) is 25.2 Å². The zero-order valence-corrected chi connectivity index (χ0v) is 21.6. The quantitative estimate of drug-likeness (QED) is 0.439. The van der Waals surface area contributed by atoms with Gasteiger partial charge in [-0.2, -0.15) is 0 Å². The first-order valence-corrected chi connectivity index (χ1v) is 13.0. The largest absolute Gasteiger partial charge is 0.487 e. The first kappa shape index (κ1) is 22.6. The smallest absolute Gasteiger partial charge is 0.161 e. The van der Waals surface area contributed by atoms with E-state index >= 15 is 0 Å². The molecule has 0 saturated carbocycles. The monoisotopic (exact) mass is 569 g/mol. The number of rotatable bonds is 4. The van der Waals surface area contributed by atoms with Crippen molar-refractivity contribution in [3.63, 3.8) is 0 Å². The Morgan fingerprint density at radius 1 is 0.909 bits per heavy atom. The van der Waals surface area contributed by atoms with Gasteiger partial charge < -0.3 is 10.1 Å². The minimum atomic E-state index is -0.404. The maximum absolute atomic E-state index is 13.2. The molecule has 2 aromatic carbocycles. The molecule has 33 heavy (non-hydrogen) atoms. The topological polar surface area (TPSA) is 55.4 Å². The zero-order valence-electron chi connectivity index (χ0n) is 18.5. The number of allylic oxidation sites excluding steroid dienone is 4. The third-order valence-corrected chi connectivity index (χ3v) is 7.69. The molecular formula is C27H25Br2NO3. The van der Waals surface area contributed by atoms with Gasteiger partial charge >= 0.3 is 0 Å². The summed E-state index contributed by atoms with van der Waals surface area (Å²) >= 11 is 7.30. The molecule has 1 heterocycles. The molecule has 2 aliphatic carbocycles. The Labute approximate surface area is 210 Å². The molecule has 0 atom stereocenters. The van der Waals surface area contributed by atoms with E-state index in [1.165, 1.54) is 5.56 Å². The number of halogens is 2. The van der Waals surface area contributed by atoms with Gasteiger partial charge in [0.25, 0.3) is 0 Å². The van der Waals surface area contributed by atoms with Crippen LogP contribution in [0.1, 0.15) is 61.1 Å². The van der Waals surface area contributed by atoms with Crippen LogP contribution in [0.15, 0.2) is 67.9 Å². The summed E-state index contributed by atoms with van der Waals surface area (Å²) in [7, 11) is 0. The van der Waals surface area contributed by atoms with Gasteiger partial charge in [0.15, 0.2) is 11.6 Å². The van der Waals surface area contributed by atoms with Crippen LogP contribution >= 0.6 is 31.9 Å². The van der Waals surface area contributed by atoms with Crippen LogP contribution in [0.5, 0.6) is 5.75 Å². The van der Waals surface area contributed by atoms with Crippen LogP contribution in [0.4, 0.5) is 0 Å². The summed E-state index contributed by atoms with van der Waals surface area (Å²) in [6, 6.07) is 12.2. The second-order valence-corrected chi connectivity index (χ2v) is 10.7. The summed E-state index contributed by atoms with van der Waals surface area (Å²) in [5.74, 6) is 0.526. The molecule has 0 fully saturated rings. The maximum atomic E-state index is 13.2. The highest BCUT2D eigenvalue weighted by Gasteiger charge is 2.41. The SMILES string of the molecule is Cc1ccc(COc2c(Br)cc(Br)cc2C2C3=C(CCCC3=O)NC3=C2C(=O)CCC3)cc1. The number of Topliss-reactive ketones (excluding diaryl/α,β-unsaturated/α-hetero) is 2. The summed E-state index contributed by atoms with van der Waals surface area (Å²) in [6.07, 6.45) is 4.37. The first-order valence-electron chi connectivity index (χ1n) is 11.4. The normalized spacial score (nSPS) is 18.8. The zero-order chi connectivity index (χ0) is 23.1. The molecule has 1 N–H and O–H groups in total. The predicted molar refractivity (Wildman–Crippen MR) is 135 cm³/mol. The maximum Gasteiger partial charge on any atom is 0.161 e. The van der Waals surface area contributed by atoms with Gasteiger partial charge in [0, 0.05) is 51.3 Å². The van der Waals surface area contributed by atoms with Gasteiger partial charge in [-0.1, -0.05) is 45.8 Å². The van der Waals surface area contributed by atoms with E-state index in [-0.39, 0.29) is 11.6 Å². The Balaban J connectivity index is 1.63. The first-order chi connectivity index (χ1) is 15.9. The molecule has 0 saturated heterocycles. The van der Waals surface area contributed by atoms with Gasteiger partial charge in [-0.15, -0.1) is 0 Å². The molecule has 0 unspecified atom stereocenters. The van der Waals surface area contributed by atoms with Gasteiger partial charge in [-0.05, 0) is 66.2 Å². The van der Waals surface area contributed by atoms with E-state index in [0.717, 1.165) is 68.3 Å². The van der Waals surface area contributed by atoms with E-state index in [4.69, 9.17) is 4.74 Å². The number of hydrogen-bond acceptors (Lipinski definition) is 4. The highest BCUT2D eigenvalue weighted by Crippen LogP contribution is 2.49. The Morgan fingerprint density at radius 2 is 1.52 bits per heavy atom. The fraction of sp³-hybridized carbons (Fsp3) is 0.333. The van der Waals surface area contributed by atoms with E-state index < -0.39 is 5.92 Å². The molecule has 4 nitrogen and oxygen atoms in total. The number of ketones is 2. The highest BCUT2D eigenvalue weighted by molar-refractivity contribution is 9.11. The second kappa shape index (κ2) is 9.22. The minimum Gasteiger partial charge on any atom is -0.487 e.